The lowest BCUT2D eigenvalue weighted by Gasteiger charge is -2.14. The van der Waals surface area contributed by atoms with Gasteiger partial charge in [-0.3, -0.25) is 9.59 Å². The standard InChI is InChI=1S/C10H16N2O5S/c1-17-9(15)7(13)6-11-8(14)2-3-12-4-5-18-10(12)16/h7,13H,2-6H2,1H3,(H,11,14). The zero-order valence-electron chi connectivity index (χ0n) is 10.0. The maximum atomic E-state index is 11.4. The number of hydrogen-bond acceptors (Lipinski definition) is 6. The fourth-order valence-electron chi connectivity index (χ4n) is 1.38. The Kier molecular flexibility index (Phi) is 5.93. The average Bonchev–Trinajstić information content (AvgIpc) is 2.77. The summed E-state index contributed by atoms with van der Waals surface area (Å²) in [5, 5.41) is 11.6. The predicted molar refractivity (Wildman–Crippen MR) is 65.1 cm³/mol. The third-order valence-corrected chi connectivity index (χ3v) is 3.31. The molecule has 18 heavy (non-hydrogen) atoms. The second-order valence-corrected chi connectivity index (χ2v) is 4.74. The SMILES string of the molecule is COC(=O)C(O)CNC(=O)CCN1CCSC1=O. The number of rotatable bonds is 6. The van der Waals surface area contributed by atoms with Gasteiger partial charge in [0.2, 0.25) is 5.91 Å². The second-order valence-electron chi connectivity index (χ2n) is 3.69. The van der Waals surface area contributed by atoms with E-state index < -0.39 is 12.1 Å². The van der Waals surface area contributed by atoms with Crippen LogP contribution in [0, 0.1) is 0 Å². The first-order valence-electron chi connectivity index (χ1n) is 5.49. The molecule has 0 bridgehead atoms. The molecule has 0 aromatic rings. The molecule has 0 aliphatic carbocycles. The molecule has 1 rings (SSSR count). The van der Waals surface area contributed by atoms with E-state index in [4.69, 9.17) is 0 Å². The molecular weight excluding hydrogens is 260 g/mol. The number of ether oxygens (including phenoxy) is 1. The quantitative estimate of drug-likeness (QED) is 0.616. The number of nitrogens with one attached hydrogen (secondary N) is 1. The Labute approximate surface area is 109 Å². The van der Waals surface area contributed by atoms with Crippen LogP contribution in [-0.4, -0.2) is 65.7 Å². The van der Waals surface area contributed by atoms with Crippen molar-refractivity contribution in [2.45, 2.75) is 12.5 Å². The van der Waals surface area contributed by atoms with Crippen LogP contribution in [0.1, 0.15) is 6.42 Å². The lowest BCUT2D eigenvalue weighted by atomic mass is 10.3. The predicted octanol–water partition coefficient (Wildman–Crippen LogP) is -0.805. The molecule has 0 saturated carbocycles. The molecule has 7 nitrogen and oxygen atoms in total. The molecule has 0 aromatic heterocycles. The summed E-state index contributed by atoms with van der Waals surface area (Å²) in [7, 11) is 1.16. The Bertz CT molecular complexity index is 336. The van der Waals surface area contributed by atoms with Crippen LogP contribution in [0.2, 0.25) is 0 Å². The number of aliphatic hydroxyl groups excluding tert-OH is 1. The number of aliphatic hydroxyl groups is 1. The fraction of sp³-hybridized carbons (Fsp3) is 0.700. The van der Waals surface area contributed by atoms with Crippen LogP contribution in [0.3, 0.4) is 0 Å². The number of esters is 1. The molecule has 102 valence electrons. The highest BCUT2D eigenvalue weighted by Crippen LogP contribution is 2.16. The van der Waals surface area contributed by atoms with Gasteiger partial charge in [-0.05, 0) is 0 Å². The molecular formula is C10H16N2O5S. The molecule has 1 aliphatic heterocycles. The van der Waals surface area contributed by atoms with E-state index >= 15 is 0 Å². The van der Waals surface area contributed by atoms with E-state index in [0.29, 0.717) is 13.1 Å². The number of nitrogens with zero attached hydrogens (tertiary/aromatic N) is 1. The van der Waals surface area contributed by atoms with Crippen LogP contribution in [0.15, 0.2) is 0 Å². The van der Waals surface area contributed by atoms with E-state index in [2.05, 4.69) is 10.1 Å². The van der Waals surface area contributed by atoms with Crippen molar-refractivity contribution in [1.82, 2.24) is 10.2 Å². The summed E-state index contributed by atoms with van der Waals surface area (Å²) < 4.78 is 4.30. The van der Waals surface area contributed by atoms with Gasteiger partial charge in [0, 0.05) is 25.3 Å². The van der Waals surface area contributed by atoms with E-state index in [1.807, 2.05) is 0 Å². The summed E-state index contributed by atoms with van der Waals surface area (Å²) in [5.41, 5.74) is 0. The molecule has 0 radical (unpaired) electrons. The maximum absolute atomic E-state index is 11.4. The molecule has 0 aromatic carbocycles. The molecule has 1 fully saturated rings. The second kappa shape index (κ2) is 7.22. The summed E-state index contributed by atoms with van der Waals surface area (Å²) in [6.45, 7) is 0.821. The lowest BCUT2D eigenvalue weighted by molar-refractivity contribution is -0.150. The van der Waals surface area contributed by atoms with Crippen molar-refractivity contribution >= 4 is 28.9 Å². The van der Waals surface area contributed by atoms with E-state index in [1.165, 1.54) is 11.8 Å². The molecule has 8 heteroatoms. The number of thioether (sulfide) groups is 1. The van der Waals surface area contributed by atoms with E-state index in [0.717, 1.165) is 12.9 Å². The molecule has 2 amide bonds. The van der Waals surface area contributed by atoms with Gasteiger partial charge < -0.3 is 20.1 Å². The van der Waals surface area contributed by atoms with E-state index in [1.54, 1.807) is 4.90 Å². The summed E-state index contributed by atoms with van der Waals surface area (Å²) in [4.78, 5) is 35.1. The topological polar surface area (TPSA) is 95.9 Å². The van der Waals surface area contributed by atoms with Crippen LogP contribution in [0.25, 0.3) is 0 Å². The molecule has 1 atom stereocenters. The molecule has 2 N–H and O–H groups in total. The Balaban J connectivity index is 2.17. The van der Waals surface area contributed by atoms with Crippen LogP contribution < -0.4 is 5.32 Å². The van der Waals surface area contributed by atoms with Gasteiger partial charge in [-0.1, -0.05) is 11.8 Å². The van der Waals surface area contributed by atoms with Crippen molar-refractivity contribution in [1.29, 1.82) is 0 Å². The van der Waals surface area contributed by atoms with Crippen molar-refractivity contribution < 1.29 is 24.2 Å². The first kappa shape index (κ1) is 14.8. The number of methoxy groups -OCH3 is 1. The summed E-state index contributed by atoms with van der Waals surface area (Å²) in [6, 6.07) is 0. The monoisotopic (exact) mass is 276 g/mol. The van der Waals surface area contributed by atoms with Gasteiger partial charge in [-0.15, -0.1) is 0 Å². The number of carbonyl (C=O) groups is 3. The van der Waals surface area contributed by atoms with Gasteiger partial charge in [0.1, 0.15) is 0 Å². The van der Waals surface area contributed by atoms with Crippen LogP contribution in [0.5, 0.6) is 0 Å². The minimum absolute atomic E-state index is 0.0163. The molecule has 1 saturated heterocycles. The first-order chi connectivity index (χ1) is 8.54. The zero-order chi connectivity index (χ0) is 13.5. The highest BCUT2D eigenvalue weighted by molar-refractivity contribution is 8.13. The first-order valence-corrected chi connectivity index (χ1v) is 6.47. The van der Waals surface area contributed by atoms with Crippen molar-refractivity contribution in [2.75, 3.05) is 32.5 Å². The minimum atomic E-state index is -1.36. The van der Waals surface area contributed by atoms with E-state index in [-0.39, 0.29) is 24.1 Å². The molecule has 1 heterocycles. The summed E-state index contributed by atoms with van der Waals surface area (Å²) >= 11 is 1.24. The van der Waals surface area contributed by atoms with Crippen LogP contribution >= 0.6 is 11.8 Å². The number of carbonyl (C=O) groups excluding carboxylic acids is 3. The van der Waals surface area contributed by atoms with Gasteiger partial charge in [-0.25, -0.2) is 4.79 Å². The maximum Gasteiger partial charge on any atom is 0.336 e. The van der Waals surface area contributed by atoms with Crippen LogP contribution in [0.4, 0.5) is 4.79 Å². The Morgan fingerprint density at radius 1 is 1.61 bits per heavy atom. The van der Waals surface area contributed by atoms with Crippen molar-refractivity contribution in [3.05, 3.63) is 0 Å². The Hall–Kier alpha value is -1.28. The largest absolute Gasteiger partial charge is 0.467 e. The highest BCUT2D eigenvalue weighted by atomic mass is 32.2. The van der Waals surface area contributed by atoms with Crippen molar-refractivity contribution in [3.63, 3.8) is 0 Å². The third kappa shape index (κ3) is 4.53. The van der Waals surface area contributed by atoms with Gasteiger partial charge in [0.15, 0.2) is 6.10 Å². The normalized spacial score (nSPS) is 16.6. The lowest BCUT2D eigenvalue weighted by Crippen LogP contribution is -2.38. The van der Waals surface area contributed by atoms with Gasteiger partial charge in [0.05, 0.1) is 13.7 Å². The van der Waals surface area contributed by atoms with Gasteiger partial charge in [0.25, 0.3) is 5.24 Å². The molecule has 1 unspecified atom stereocenters. The van der Waals surface area contributed by atoms with Crippen LogP contribution in [-0.2, 0) is 14.3 Å². The zero-order valence-corrected chi connectivity index (χ0v) is 10.9. The Morgan fingerprint density at radius 3 is 2.89 bits per heavy atom. The average molecular weight is 276 g/mol. The summed E-state index contributed by atoms with van der Waals surface area (Å²) in [5.74, 6) is -0.356. The van der Waals surface area contributed by atoms with E-state index in [9.17, 15) is 19.5 Å². The smallest absolute Gasteiger partial charge is 0.336 e. The molecule has 0 spiro atoms. The fourth-order valence-corrected chi connectivity index (χ4v) is 2.24. The number of hydrogen-bond donors (Lipinski definition) is 2. The Morgan fingerprint density at radius 2 is 2.33 bits per heavy atom. The van der Waals surface area contributed by atoms with Crippen molar-refractivity contribution in [2.24, 2.45) is 0 Å². The number of amides is 2. The highest BCUT2D eigenvalue weighted by Gasteiger charge is 2.22. The van der Waals surface area contributed by atoms with Gasteiger partial charge >= 0.3 is 5.97 Å². The minimum Gasteiger partial charge on any atom is -0.467 e. The van der Waals surface area contributed by atoms with Gasteiger partial charge in [-0.2, -0.15) is 0 Å². The van der Waals surface area contributed by atoms with Crippen molar-refractivity contribution in [3.8, 4) is 0 Å². The summed E-state index contributed by atoms with van der Waals surface area (Å²) in [6.07, 6.45) is -1.21. The third-order valence-electron chi connectivity index (χ3n) is 2.42. The molecule has 1 aliphatic rings.